The van der Waals surface area contributed by atoms with Crippen molar-refractivity contribution in [1.29, 1.82) is 5.26 Å². The minimum atomic E-state index is -0.843. The highest BCUT2D eigenvalue weighted by Crippen LogP contribution is 2.37. The van der Waals surface area contributed by atoms with E-state index in [2.05, 4.69) is 24.9 Å². The molecular weight excluding hydrogens is 380 g/mol. The second-order valence-corrected chi connectivity index (χ2v) is 6.41. The van der Waals surface area contributed by atoms with E-state index in [1.807, 2.05) is 26.0 Å². The monoisotopic (exact) mass is 407 g/mol. The molecule has 2 aromatic carbocycles. The SMILES string of the molecule is [CH2]COc1c(C(=C)OCC)cc(CC)cc1C(Nc1ccc(C#N)cc1)C(=O)OC. The highest BCUT2D eigenvalue weighted by Gasteiger charge is 2.28. The van der Waals surface area contributed by atoms with Crippen LogP contribution < -0.4 is 10.1 Å². The second kappa shape index (κ2) is 10.9. The number of hydrogen-bond acceptors (Lipinski definition) is 6. The van der Waals surface area contributed by atoms with Crippen molar-refractivity contribution in [3.63, 3.8) is 0 Å². The maximum absolute atomic E-state index is 12.7. The molecule has 0 bridgehead atoms. The third kappa shape index (κ3) is 5.32. The Labute approximate surface area is 178 Å². The molecule has 6 heteroatoms. The van der Waals surface area contributed by atoms with Crippen molar-refractivity contribution < 1.29 is 19.0 Å². The van der Waals surface area contributed by atoms with Gasteiger partial charge in [0.05, 0.1) is 37.5 Å². The Morgan fingerprint density at radius 2 is 1.93 bits per heavy atom. The highest BCUT2D eigenvalue weighted by molar-refractivity contribution is 5.83. The summed E-state index contributed by atoms with van der Waals surface area (Å²) in [6.07, 6.45) is 0.745. The van der Waals surface area contributed by atoms with Gasteiger partial charge in [0.1, 0.15) is 11.5 Å². The maximum Gasteiger partial charge on any atom is 0.333 e. The molecule has 0 saturated heterocycles. The number of esters is 1. The minimum absolute atomic E-state index is 0.162. The molecule has 30 heavy (non-hydrogen) atoms. The quantitative estimate of drug-likeness (QED) is 0.455. The molecule has 0 amide bonds. The maximum atomic E-state index is 12.7. The van der Waals surface area contributed by atoms with Crippen LogP contribution in [0.15, 0.2) is 43.0 Å². The molecule has 6 nitrogen and oxygen atoms in total. The van der Waals surface area contributed by atoms with Gasteiger partial charge in [0.15, 0.2) is 6.04 Å². The van der Waals surface area contributed by atoms with E-state index >= 15 is 0 Å². The summed E-state index contributed by atoms with van der Waals surface area (Å²) in [4.78, 5) is 12.7. The number of ether oxygens (including phenoxy) is 3. The van der Waals surface area contributed by atoms with E-state index in [0.29, 0.717) is 40.5 Å². The molecule has 1 atom stereocenters. The second-order valence-electron chi connectivity index (χ2n) is 6.41. The molecule has 0 aliphatic rings. The molecule has 157 valence electrons. The van der Waals surface area contributed by atoms with Crippen LogP contribution in [0.2, 0.25) is 0 Å². The number of carbonyl (C=O) groups is 1. The predicted octanol–water partition coefficient (Wildman–Crippen LogP) is 4.67. The Hall–Kier alpha value is -3.46. The number of anilines is 1. The predicted molar refractivity (Wildman–Crippen MR) is 117 cm³/mol. The van der Waals surface area contributed by atoms with Gasteiger partial charge in [0.2, 0.25) is 0 Å². The Balaban J connectivity index is 2.62. The van der Waals surface area contributed by atoms with Crippen molar-refractivity contribution in [3.8, 4) is 11.8 Å². The number of nitriles is 1. The van der Waals surface area contributed by atoms with Gasteiger partial charge < -0.3 is 19.5 Å². The zero-order chi connectivity index (χ0) is 22.1. The Kier molecular flexibility index (Phi) is 8.30. The Morgan fingerprint density at radius 3 is 2.47 bits per heavy atom. The van der Waals surface area contributed by atoms with Crippen molar-refractivity contribution in [3.05, 3.63) is 72.2 Å². The number of carbonyl (C=O) groups excluding carboxylic acids is 1. The van der Waals surface area contributed by atoms with E-state index < -0.39 is 12.0 Å². The normalized spacial score (nSPS) is 11.2. The number of benzene rings is 2. The largest absolute Gasteiger partial charge is 0.494 e. The van der Waals surface area contributed by atoms with Crippen LogP contribution in [-0.4, -0.2) is 26.3 Å². The van der Waals surface area contributed by atoms with Crippen LogP contribution in [0.4, 0.5) is 5.69 Å². The number of aryl methyl sites for hydroxylation is 1. The summed E-state index contributed by atoms with van der Waals surface area (Å²) in [6.45, 7) is 12.3. The van der Waals surface area contributed by atoms with Crippen LogP contribution in [0, 0.1) is 18.3 Å². The van der Waals surface area contributed by atoms with Crippen molar-refractivity contribution in [2.45, 2.75) is 26.3 Å². The van der Waals surface area contributed by atoms with E-state index in [9.17, 15) is 4.79 Å². The van der Waals surface area contributed by atoms with Crippen molar-refractivity contribution in [2.75, 3.05) is 25.6 Å². The standard InChI is InChI=1S/C24H27N2O4/c1-6-17-13-20(16(4)29-7-2)23(30-8-3)21(14-17)22(24(27)28-5)26-19-11-9-18(15-25)10-12-19/h9-14,22,26H,3-4,6-8H2,1-2,5H3. The smallest absolute Gasteiger partial charge is 0.333 e. The molecule has 0 heterocycles. The third-order valence-electron chi connectivity index (χ3n) is 4.52. The van der Waals surface area contributed by atoms with Crippen LogP contribution in [0.5, 0.6) is 5.75 Å². The minimum Gasteiger partial charge on any atom is -0.494 e. The molecule has 1 unspecified atom stereocenters. The van der Waals surface area contributed by atoms with E-state index in [0.717, 1.165) is 12.0 Å². The molecule has 0 fully saturated rings. The molecular formula is C24H27N2O4. The van der Waals surface area contributed by atoms with Gasteiger partial charge in [-0.25, -0.2) is 4.79 Å². The van der Waals surface area contributed by atoms with Crippen LogP contribution in [-0.2, 0) is 20.7 Å². The number of methoxy groups -OCH3 is 1. The lowest BCUT2D eigenvalue weighted by atomic mass is 9.96. The summed E-state index contributed by atoms with van der Waals surface area (Å²) < 4.78 is 16.5. The van der Waals surface area contributed by atoms with Gasteiger partial charge >= 0.3 is 5.97 Å². The summed E-state index contributed by atoms with van der Waals surface area (Å²) in [5.74, 6) is 0.450. The molecule has 0 aromatic heterocycles. The number of nitrogens with one attached hydrogen (secondary N) is 1. The van der Waals surface area contributed by atoms with Crippen LogP contribution >= 0.6 is 0 Å². The van der Waals surface area contributed by atoms with E-state index in [4.69, 9.17) is 19.5 Å². The lowest BCUT2D eigenvalue weighted by molar-refractivity contribution is -0.141. The fraction of sp³-hybridized carbons (Fsp3) is 0.292. The summed E-state index contributed by atoms with van der Waals surface area (Å²) in [7, 11) is 1.33. The van der Waals surface area contributed by atoms with Crippen molar-refractivity contribution in [1.82, 2.24) is 0 Å². The molecule has 0 saturated carbocycles. The van der Waals surface area contributed by atoms with Gasteiger partial charge in [-0.15, -0.1) is 0 Å². The Morgan fingerprint density at radius 1 is 1.23 bits per heavy atom. The first kappa shape index (κ1) is 22.8. The van der Waals surface area contributed by atoms with Gasteiger partial charge in [0.25, 0.3) is 0 Å². The van der Waals surface area contributed by atoms with Gasteiger partial charge in [-0.3, -0.25) is 0 Å². The average Bonchev–Trinajstić information content (AvgIpc) is 2.77. The fourth-order valence-electron chi connectivity index (χ4n) is 3.04. The first-order valence-corrected chi connectivity index (χ1v) is 9.74. The molecule has 0 spiro atoms. The average molecular weight is 407 g/mol. The fourth-order valence-corrected chi connectivity index (χ4v) is 3.04. The number of hydrogen-bond donors (Lipinski definition) is 1. The summed E-state index contributed by atoms with van der Waals surface area (Å²) >= 11 is 0. The number of rotatable bonds is 10. The van der Waals surface area contributed by atoms with Crippen molar-refractivity contribution in [2.24, 2.45) is 0 Å². The van der Waals surface area contributed by atoms with Gasteiger partial charge in [-0.2, -0.15) is 5.26 Å². The summed E-state index contributed by atoms with van der Waals surface area (Å²) in [5, 5.41) is 12.2. The van der Waals surface area contributed by atoms with Gasteiger partial charge in [-0.1, -0.05) is 13.5 Å². The molecule has 1 N–H and O–H groups in total. The molecule has 2 rings (SSSR count). The zero-order valence-electron chi connectivity index (χ0n) is 17.7. The first-order valence-electron chi connectivity index (χ1n) is 9.74. The van der Waals surface area contributed by atoms with Crippen molar-refractivity contribution >= 4 is 17.4 Å². The summed E-state index contributed by atoms with van der Waals surface area (Å²) in [6, 6.07) is 11.9. The van der Waals surface area contributed by atoms with Gasteiger partial charge in [0, 0.05) is 11.3 Å². The lowest BCUT2D eigenvalue weighted by Gasteiger charge is -2.24. The zero-order valence-corrected chi connectivity index (χ0v) is 17.7. The first-order chi connectivity index (χ1) is 14.5. The van der Waals surface area contributed by atoms with Crippen LogP contribution in [0.3, 0.4) is 0 Å². The van der Waals surface area contributed by atoms with E-state index in [1.165, 1.54) is 7.11 Å². The summed E-state index contributed by atoms with van der Waals surface area (Å²) in [5.41, 5.74) is 3.46. The highest BCUT2D eigenvalue weighted by atomic mass is 16.5. The molecule has 0 aliphatic heterocycles. The van der Waals surface area contributed by atoms with E-state index in [1.54, 1.807) is 24.3 Å². The topological polar surface area (TPSA) is 80.6 Å². The molecule has 2 aromatic rings. The van der Waals surface area contributed by atoms with Crippen LogP contribution in [0.25, 0.3) is 5.76 Å². The third-order valence-corrected chi connectivity index (χ3v) is 4.52. The van der Waals surface area contributed by atoms with Crippen LogP contribution in [0.1, 0.15) is 42.1 Å². The van der Waals surface area contributed by atoms with E-state index in [-0.39, 0.29) is 6.61 Å². The lowest BCUT2D eigenvalue weighted by Crippen LogP contribution is -2.24. The number of nitrogens with zero attached hydrogens (tertiary/aromatic N) is 1. The van der Waals surface area contributed by atoms with Gasteiger partial charge in [-0.05, 0) is 62.2 Å². The Bertz CT molecular complexity index is 929. The molecule has 1 radical (unpaired) electrons. The molecule has 0 aliphatic carbocycles.